The number of hydrogen-bond donors (Lipinski definition) is 2. The van der Waals surface area contributed by atoms with Crippen molar-refractivity contribution in [3.63, 3.8) is 0 Å². The van der Waals surface area contributed by atoms with Crippen LogP contribution in [0.25, 0.3) is 10.1 Å². The molecule has 2 aromatic carbocycles. The molecule has 1 heterocycles. The minimum Gasteiger partial charge on any atom is -0.387 e. The van der Waals surface area contributed by atoms with E-state index in [1.54, 1.807) is 36.6 Å². The first-order valence-electron chi connectivity index (χ1n) is 6.43. The van der Waals surface area contributed by atoms with Crippen molar-refractivity contribution in [1.82, 2.24) is 0 Å². The predicted molar refractivity (Wildman–Crippen MR) is 90.8 cm³/mol. The molecule has 0 aliphatic carbocycles. The minimum atomic E-state index is -0.184. The fourth-order valence-corrected chi connectivity index (χ4v) is 3.11. The highest BCUT2D eigenvalue weighted by Gasteiger charge is 2.12. The Balaban J connectivity index is 1.90. The molecule has 1 amide bonds. The standard InChI is InChI=1S/C16H13ClN2OS/c1-18-14-4-2-11(17)9-13(14)16(20)19-12-3-5-15-10(8-12)6-7-21-15/h2-9,18H,1H3,(H,19,20). The molecule has 2 N–H and O–H groups in total. The van der Waals surface area contributed by atoms with Crippen molar-refractivity contribution in [3.05, 3.63) is 58.4 Å². The number of fused-ring (bicyclic) bond motifs is 1. The van der Waals surface area contributed by atoms with E-state index in [4.69, 9.17) is 11.6 Å². The Bertz CT molecular complexity index is 813. The summed E-state index contributed by atoms with van der Waals surface area (Å²) in [6, 6.07) is 13.1. The van der Waals surface area contributed by atoms with Gasteiger partial charge in [0.1, 0.15) is 0 Å². The smallest absolute Gasteiger partial charge is 0.257 e. The lowest BCUT2D eigenvalue weighted by Gasteiger charge is -2.10. The summed E-state index contributed by atoms with van der Waals surface area (Å²) >= 11 is 7.66. The zero-order chi connectivity index (χ0) is 14.8. The molecule has 1 aromatic heterocycles. The van der Waals surface area contributed by atoms with Gasteiger partial charge in [0.25, 0.3) is 5.91 Å². The van der Waals surface area contributed by atoms with Gasteiger partial charge in [-0.2, -0.15) is 0 Å². The van der Waals surface area contributed by atoms with Gasteiger partial charge >= 0.3 is 0 Å². The van der Waals surface area contributed by atoms with Gasteiger partial charge in [-0.3, -0.25) is 4.79 Å². The van der Waals surface area contributed by atoms with Crippen LogP contribution in [0, 0.1) is 0 Å². The van der Waals surface area contributed by atoms with Gasteiger partial charge in [0, 0.05) is 28.1 Å². The van der Waals surface area contributed by atoms with Crippen molar-refractivity contribution >= 4 is 50.3 Å². The highest BCUT2D eigenvalue weighted by atomic mass is 35.5. The maximum Gasteiger partial charge on any atom is 0.257 e. The van der Waals surface area contributed by atoms with Crippen LogP contribution in [-0.2, 0) is 0 Å². The summed E-state index contributed by atoms with van der Waals surface area (Å²) in [5.41, 5.74) is 2.04. The van der Waals surface area contributed by atoms with Crippen molar-refractivity contribution in [2.24, 2.45) is 0 Å². The summed E-state index contributed by atoms with van der Waals surface area (Å²) in [6.07, 6.45) is 0. The summed E-state index contributed by atoms with van der Waals surface area (Å²) in [6.45, 7) is 0. The zero-order valence-corrected chi connectivity index (χ0v) is 12.9. The molecule has 0 saturated heterocycles. The molecule has 5 heteroatoms. The van der Waals surface area contributed by atoms with E-state index >= 15 is 0 Å². The van der Waals surface area contributed by atoms with Gasteiger partial charge in [0.15, 0.2) is 0 Å². The molecule has 0 saturated carbocycles. The van der Waals surface area contributed by atoms with Crippen molar-refractivity contribution < 1.29 is 4.79 Å². The van der Waals surface area contributed by atoms with Crippen LogP contribution in [0.1, 0.15) is 10.4 Å². The van der Waals surface area contributed by atoms with Gasteiger partial charge in [-0.05, 0) is 53.2 Å². The highest BCUT2D eigenvalue weighted by molar-refractivity contribution is 7.17. The van der Waals surface area contributed by atoms with Gasteiger partial charge in [0.2, 0.25) is 0 Å². The number of halogens is 1. The molecular weight excluding hydrogens is 304 g/mol. The molecule has 0 unspecified atom stereocenters. The SMILES string of the molecule is CNc1ccc(Cl)cc1C(=O)Nc1ccc2sccc2c1. The molecule has 0 bridgehead atoms. The molecule has 0 aliphatic heterocycles. The van der Waals surface area contributed by atoms with Crippen molar-refractivity contribution in [2.75, 3.05) is 17.7 Å². The van der Waals surface area contributed by atoms with Crippen molar-refractivity contribution in [2.45, 2.75) is 0 Å². The van der Waals surface area contributed by atoms with Crippen LogP contribution in [0.2, 0.25) is 5.02 Å². The molecule has 3 nitrogen and oxygen atoms in total. The number of rotatable bonds is 3. The van der Waals surface area contributed by atoms with Crippen LogP contribution in [0.3, 0.4) is 0 Å². The molecule has 0 atom stereocenters. The van der Waals surface area contributed by atoms with Crippen LogP contribution in [0.4, 0.5) is 11.4 Å². The maximum atomic E-state index is 12.4. The van der Waals surface area contributed by atoms with E-state index in [2.05, 4.69) is 10.6 Å². The number of nitrogens with one attached hydrogen (secondary N) is 2. The number of anilines is 2. The van der Waals surface area contributed by atoms with Crippen molar-refractivity contribution in [3.8, 4) is 0 Å². The Kier molecular flexibility index (Phi) is 3.82. The first kappa shape index (κ1) is 13.9. The molecule has 21 heavy (non-hydrogen) atoms. The average molecular weight is 317 g/mol. The molecule has 106 valence electrons. The van der Waals surface area contributed by atoms with Gasteiger partial charge in [0.05, 0.1) is 5.56 Å². The van der Waals surface area contributed by atoms with E-state index in [0.717, 1.165) is 16.8 Å². The first-order chi connectivity index (χ1) is 10.2. The predicted octanol–water partition coefficient (Wildman–Crippen LogP) is 4.85. The van der Waals surface area contributed by atoms with E-state index in [9.17, 15) is 4.79 Å². The Morgan fingerprint density at radius 1 is 1.14 bits per heavy atom. The molecule has 0 spiro atoms. The largest absolute Gasteiger partial charge is 0.387 e. The quantitative estimate of drug-likeness (QED) is 0.725. The van der Waals surface area contributed by atoms with Crippen LogP contribution in [0.15, 0.2) is 47.8 Å². The minimum absolute atomic E-state index is 0.184. The zero-order valence-electron chi connectivity index (χ0n) is 11.3. The maximum absolute atomic E-state index is 12.4. The topological polar surface area (TPSA) is 41.1 Å². The molecule has 3 rings (SSSR count). The second-order valence-corrected chi connectivity index (χ2v) is 5.95. The third-order valence-electron chi connectivity index (χ3n) is 3.21. The van der Waals surface area contributed by atoms with Crippen LogP contribution in [-0.4, -0.2) is 13.0 Å². The van der Waals surface area contributed by atoms with E-state index in [0.29, 0.717) is 10.6 Å². The Morgan fingerprint density at radius 2 is 2.00 bits per heavy atom. The fourth-order valence-electron chi connectivity index (χ4n) is 2.17. The third kappa shape index (κ3) is 2.86. The van der Waals surface area contributed by atoms with Gasteiger partial charge in [-0.1, -0.05) is 11.6 Å². The van der Waals surface area contributed by atoms with E-state index in [1.165, 1.54) is 4.70 Å². The number of carbonyl (C=O) groups is 1. The number of carbonyl (C=O) groups excluding carboxylic acids is 1. The number of amides is 1. The Morgan fingerprint density at radius 3 is 2.81 bits per heavy atom. The summed E-state index contributed by atoms with van der Waals surface area (Å²) in [7, 11) is 1.78. The van der Waals surface area contributed by atoms with Crippen molar-refractivity contribution in [1.29, 1.82) is 0 Å². The summed E-state index contributed by atoms with van der Waals surface area (Å²) < 4.78 is 1.20. The normalized spacial score (nSPS) is 10.6. The third-order valence-corrected chi connectivity index (χ3v) is 4.34. The van der Waals surface area contributed by atoms with Gasteiger partial charge < -0.3 is 10.6 Å². The average Bonchev–Trinajstić information content (AvgIpc) is 2.94. The van der Waals surface area contributed by atoms with Gasteiger partial charge in [-0.15, -0.1) is 11.3 Å². The lowest BCUT2D eigenvalue weighted by atomic mass is 10.1. The van der Waals surface area contributed by atoms with E-state index in [-0.39, 0.29) is 5.91 Å². The van der Waals surface area contributed by atoms with Gasteiger partial charge in [-0.25, -0.2) is 0 Å². The Hall–Kier alpha value is -2.04. The summed E-state index contributed by atoms with van der Waals surface area (Å²) in [4.78, 5) is 12.4. The monoisotopic (exact) mass is 316 g/mol. The second-order valence-electron chi connectivity index (χ2n) is 4.57. The van der Waals surface area contributed by atoms with E-state index < -0.39 is 0 Å². The van der Waals surface area contributed by atoms with E-state index in [1.807, 2.05) is 29.6 Å². The first-order valence-corrected chi connectivity index (χ1v) is 7.69. The molecule has 3 aromatic rings. The number of thiophene rings is 1. The number of benzene rings is 2. The fraction of sp³-hybridized carbons (Fsp3) is 0.0625. The highest BCUT2D eigenvalue weighted by Crippen LogP contribution is 2.25. The lowest BCUT2D eigenvalue weighted by Crippen LogP contribution is -2.13. The molecular formula is C16H13ClN2OS. The van der Waals surface area contributed by atoms with Crippen LogP contribution >= 0.6 is 22.9 Å². The van der Waals surface area contributed by atoms with Crippen LogP contribution in [0.5, 0.6) is 0 Å². The Labute approximate surface area is 131 Å². The summed E-state index contributed by atoms with van der Waals surface area (Å²) in [5.74, 6) is -0.184. The van der Waals surface area contributed by atoms with Crippen LogP contribution < -0.4 is 10.6 Å². The summed E-state index contributed by atoms with van der Waals surface area (Å²) in [5, 5.41) is 9.60. The molecule has 0 radical (unpaired) electrons. The molecule has 0 aliphatic rings. The molecule has 0 fully saturated rings. The number of hydrogen-bond acceptors (Lipinski definition) is 3. The lowest BCUT2D eigenvalue weighted by molar-refractivity contribution is 0.102. The second kappa shape index (κ2) is 5.76.